The maximum absolute atomic E-state index is 11.2. The van der Waals surface area contributed by atoms with Gasteiger partial charge in [-0.3, -0.25) is 4.79 Å². The van der Waals surface area contributed by atoms with E-state index in [-0.39, 0.29) is 17.1 Å². The van der Waals surface area contributed by atoms with Crippen LogP contribution in [0.2, 0.25) is 36.3 Å². The van der Waals surface area contributed by atoms with Crippen molar-refractivity contribution in [2.75, 3.05) is 6.61 Å². The van der Waals surface area contributed by atoms with Gasteiger partial charge in [0.25, 0.3) is 0 Å². The molecule has 0 amide bonds. The maximum Gasteiger partial charge on any atom is 0.302 e. The molecule has 0 aliphatic rings. The Morgan fingerprint density at radius 2 is 1.57 bits per heavy atom. The second-order valence-electron chi connectivity index (χ2n) is 9.50. The predicted molar refractivity (Wildman–Crippen MR) is 122 cm³/mol. The minimum absolute atomic E-state index is 0.0794. The smallest absolute Gasteiger partial charge is 0.302 e. The Morgan fingerprint density at radius 1 is 1.07 bits per heavy atom. The first-order valence-electron chi connectivity index (χ1n) is 10.9. The number of hydrogen-bond donors (Lipinski definition) is 1. The van der Waals surface area contributed by atoms with Gasteiger partial charge in [-0.2, -0.15) is 0 Å². The van der Waals surface area contributed by atoms with Crippen LogP contribution in [-0.4, -0.2) is 52.6 Å². The molecule has 3 atom stereocenters. The van der Waals surface area contributed by atoms with Crippen molar-refractivity contribution < 1.29 is 23.5 Å². The summed E-state index contributed by atoms with van der Waals surface area (Å²) in [5.74, 6) is -0.371. The topological polar surface area (TPSA) is 65.0 Å². The zero-order chi connectivity index (χ0) is 22.2. The molecule has 0 aromatic rings. The predicted octanol–water partition coefficient (Wildman–Crippen LogP) is 5.49. The summed E-state index contributed by atoms with van der Waals surface area (Å²) >= 11 is 0. The number of rotatable bonds is 13. The number of hydrogen-bond acceptors (Lipinski definition) is 5. The number of esters is 1. The third-order valence-corrected chi connectivity index (χ3v) is 15.7. The van der Waals surface area contributed by atoms with Gasteiger partial charge in [-0.15, -0.1) is 0 Å². The van der Waals surface area contributed by atoms with Crippen LogP contribution >= 0.6 is 0 Å². The van der Waals surface area contributed by atoms with Crippen LogP contribution in [0.1, 0.15) is 68.2 Å². The lowest BCUT2D eigenvalue weighted by molar-refractivity contribution is -0.151. The lowest BCUT2D eigenvalue weighted by Crippen LogP contribution is -2.44. The van der Waals surface area contributed by atoms with Gasteiger partial charge >= 0.3 is 5.97 Å². The van der Waals surface area contributed by atoms with Crippen molar-refractivity contribution in [3.8, 4) is 0 Å². The number of carbonyl (C=O) groups is 1. The Balaban J connectivity index is 5.15. The zero-order valence-corrected chi connectivity index (χ0v) is 22.1. The fourth-order valence-corrected chi connectivity index (χ4v) is 7.02. The molecule has 7 heteroatoms. The molecular formula is C21H46O5Si2. The molecule has 168 valence electrons. The van der Waals surface area contributed by atoms with E-state index >= 15 is 0 Å². The van der Waals surface area contributed by atoms with Crippen LogP contribution in [-0.2, 0) is 18.4 Å². The van der Waals surface area contributed by atoms with Gasteiger partial charge in [-0.25, -0.2) is 0 Å². The number of carbonyl (C=O) groups excluding carboxylic acids is 1. The molecule has 0 aromatic heterocycles. The highest BCUT2D eigenvalue weighted by molar-refractivity contribution is 6.74. The van der Waals surface area contributed by atoms with Gasteiger partial charge in [0.15, 0.2) is 16.6 Å². The van der Waals surface area contributed by atoms with Crippen molar-refractivity contribution in [2.24, 2.45) is 0 Å². The molecule has 0 fully saturated rings. The summed E-state index contributed by atoms with van der Waals surface area (Å²) in [6.45, 7) is 21.6. The summed E-state index contributed by atoms with van der Waals surface area (Å²) in [5, 5.41) is 10.7. The van der Waals surface area contributed by atoms with Crippen LogP contribution in [0.3, 0.4) is 0 Å². The van der Waals surface area contributed by atoms with Crippen molar-refractivity contribution in [1.29, 1.82) is 0 Å². The van der Waals surface area contributed by atoms with E-state index in [1.807, 2.05) is 0 Å². The Morgan fingerprint density at radius 3 is 1.96 bits per heavy atom. The Labute approximate surface area is 175 Å². The lowest BCUT2D eigenvalue weighted by atomic mass is 10.1. The second kappa shape index (κ2) is 11.8. The van der Waals surface area contributed by atoms with E-state index in [9.17, 15) is 9.90 Å². The molecule has 0 aliphatic carbocycles. The van der Waals surface area contributed by atoms with Gasteiger partial charge < -0.3 is 18.7 Å². The molecule has 0 aliphatic heterocycles. The molecule has 0 spiro atoms. The summed E-state index contributed by atoms with van der Waals surface area (Å²) in [7, 11) is -3.62. The van der Waals surface area contributed by atoms with Crippen molar-refractivity contribution in [1.82, 2.24) is 0 Å². The van der Waals surface area contributed by atoms with Crippen molar-refractivity contribution in [2.45, 2.75) is 123 Å². The zero-order valence-electron chi connectivity index (χ0n) is 20.1. The average molecular weight is 435 g/mol. The fraction of sp³-hybridized carbons (Fsp3) is 0.952. The summed E-state index contributed by atoms with van der Waals surface area (Å²) in [4.78, 5) is 11.2. The largest absolute Gasteiger partial charge is 0.460 e. The average Bonchev–Trinajstić information content (AvgIpc) is 2.57. The SMILES string of the molecule is CC[Si](CC)(CC)O[C@@H](CCO[Si](C)(C)C(C)(C)C)C[C@@H](O)[C@@H](C)OC(C)=O. The monoisotopic (exact) mass is 434 g/mol. The minimum Gasteiger partial charge on any atom is -0.460 e. The number of aliphatic hydroxyl groups excluding tert-OH is 1. The van der Waals surface area contributed by atoms with Crippen LogP contribution < -0.4 is 0 Å². The first-order chi connectivity index (χ1) is 12.7. The molecular weight excluding hydrogens is 388 g/mol. The van der Waals surface area contributed by atoms with Crippen LogP contribution in [0, 0.1) is 0 Å². The van der Waals surface area contributed by atoms with Crippen molar-refractivity contribution in [3.05, 3.63) is 0 Å². The molecule has 0 saturated carbocycles. The molecule has 0 radical (unpaired) electrons. The molecule has 0 unspecified atom stereocenters. The van der Waals surface area contributed by atoms with Gasteiger partial charge in [0, 0.05) is 26.1 Å². The quantitative estimate of drug-likeness (QED) is 0.307. The summed E-state index contributed by atoms with van der Waals surface area (Å²) in [6, 6.07) is 3.19. The molecule has 5 nitrogen and oxygen atoms in total. The van der Waals surface area contributed by atoms with Crippen LogP contribution in [0.25, 0.3) is 0 Å². The molecule has 0 rings (SSSR count). The highest BCUT2D eigenvalue weighted by Gasteiger charge is 2.38. The number of aliphatic hydroxyl groups is 1. The van der Waals surface area contributed by atoms with Crippen LogP contribution in [0.5, 0.6) is 0 Å². The molecule has 0 saturated heterocycles. The first-order valence-corrected chi connectivity index (χ1v) is 16.3. The van der Waals surface area contributed by atoms with Gasteiger partial charge in [-0.05, 0) is 49.6 Å². The van der Waals surface area contributed by atoms with Crippen molar-refractivity contribution >= 4 is 22.6 Å². The van der Waals surface area contributed by atoms with E-state index in [0.717, 1.165) is 24.6 Å². The normalized spacial score (nSPS) is 16.5. The highest BCUT2D eigenvalue weighted by atomic mass is 28.4. The summed E-state index contributed by atoms with van der Waals surface area (Å²) < 4.78 is 18.2. The van der Waals surface area contributed by atoms with Gasteiger partial charge in [0.05, 0.1) is 6.10 Å². The van der Waals surface area contributed by atoms with E-state index in [2.05, 4.69) is 54.6 Å². The highest BCUT2D eigenvalue weighted by Crippen LogP contribution is 2.37. The van der Waals surface area contributed by atoms with E-state index in [4.69, 9.17) is 13.6 Å². The van der Waals surface area contributed by atoms with Crippen LogP contribution in [0.4, 0.5) is 0 Å². The van der Waals surface area contributed by atoms with Gasteiger partial charge in [0.1, 0.15) is 6.10 Å². The molecule has 0 bridgehead atoms. The van der Waals surface area contributed by atoms with E-state index in [1.54, 1.807) is 6.92 Å². The first kappa shape index (κ1) is 27.8. The molecule has 0 heterocycles. The van der Waals surface area contributed by atoms with Gasteiger partial charge in [-0.1, -0.05) is 41.5 Å². The van der Waals surface area contributed by atoms with E-state index < -0.39 is 28.8 Å². The summed E-state index contributed by atoms with van der Waals surface area (Å²) in [6.07, 6.45) is -0.135. The third kappa shape index (κ3) is 9.07. The lowest BCUT2D eigenvalue weighted by Gasteiger charge is -2.38. The standard InChI is InChI=1S/C21H46O5Si2/c1-11-28(12-2,13-3)26-19(16-20(23)17(4)25-18(5)22)14-15-24-27(9,10)21(6,7)8/h17,19-20,23H,11-16H2,1-10H3/t17-,19+,20-/m1/s1. The van der Waals surface area contributed by atoms with E-state index in [1.165, 1.54) is 6.92 Å². The molecule has 28 heavy (non-hydrogen) atoms. The van der Waals surface area contributed by atoms with Crippen molar-refractivity contribution in [3.63, 3.8) is 0 Å². The second-order valence-corrected chi connectivity index (χ2v) is 19.0. The maximum atomic E-state index is 11.2. The minimum atomic E-state index is -1.81. The Bertz CT molecular complexity index is 450. The molecule has 1 N–H and O–H groups in total. The van der Waals surface area contributed by atoms with Crippen LogP contribution in [0.15, 0.2) is 0 Å². The van der Waals surface area contributed by atoms with E-state index in [0.29, 0.717) is 13.0 Å². The molecule has 0 aromatic carbocycles. The Kier molecular flexibility index (Phi) is 11.7. The fourth-order valence-electron chi connectivity index (χ4n) is 3.04. The number of ether oxygens (including phenoxy) is 1. The van der Waals surface area contributed by atoms with Gasteiger partial charge in [0.2, 0.25) is 0 Å². The Hall–Kier alpha value is -0.216. The summed E-state index contributed by atoms with van der Waals surface area (Å²) in [5.41, 5.74) is 0. The third-order valence-electron chi connectivity index (χ3n) is 6.46.